The molecule has 0 spiro atoms. The molecule has 1 rings (SSSR count). The second kappa shape index (κ2) is 10.3. The quantitative estimate of drug-likeness (QED) is 0.533. The third kappa shape index (κ3) is 7.75. The highest BCUT2D eigenvalue weighted by Crippen LogP contribution is 2.09. The zero-order valence-corrected chi connectivity index (χ0v) is 13.6. The second-order valence-corrected chi connectivity index (χ2v) is 5.73. The normalized spacial score (nSPS) is 10.3. The van der Waals surface area contributed by atoms with Crippen molar-refractivity contribution in [2.75, 3.05) is 6.54 Å². The first-order chi connectivity index (χ1) is 10.1. The summed E-state index contributed by atoms with van der Waals surface area (Å²) >= 11 is 4.91. The van der Waals surface area contributed by atoms with E-state index >= 15 is 0 Å². The van der Waals surface area contributed by atoms with E-state index in [9.17, 15) is 4.79 Å². The van der Waals surface area contributed by atoms with Crippen LogP contribution in [0.15, 0.2) is 24.5 Å². The number of nitrogens with two attached hydrogens (primary N) is 1. The van der Waals surface area contributed by atoms with Gasteiger partial charge in [-0.1, -0.05) is 44.5 Å². The van der Waals surface area contributed by atoms with Crippen LogP contribution in [0.5, 0.6) is 0 Å². The van der Waals surface area contributed by atoms with Gasteiger partial charge in [0.05, 0.1) is 4.99 Å². The lowest BCUT2D eigenvalue weighted by atomic mass is 10.1. The van der Waals surface area contributed by atoms with E-state index in [4.69, 9.17) is 18.0 Å². The SMILES string of the molecule is CCCCCCC(=O)N(CCC(N)=S)Cc1cccnc1. The molecule has 0 aromatic carbocycles. The molecule has 116 valence electrons. The Kier molecular flexibility index (Phi) is 8.59. The summed E-state index contributed by atoms with van der Waals surface area (Å²) in [6.45, 7) is 3.32. The minimum Gasteiger partial charge on any atom is -0.393 e. The molecule has 1 aromatic heterocycles. The van der Waals surface area contributed by atoms with Crippen LogP contribution in [0.3, 0.4) is 0 Å². The molecule has 2 N–H and O–H groups in total. The Bertz CT molecular complexity index is 436. The van der Waals surface area contributed by atoms with Gasteiger partial charge in [0.25, 0.3) is 0 Å². The summed E-state index contributed by atoms with van der Waals surface area (Å²) in [6, 6.07) is 3.86. The molecule has 5 heteroatoms. The van der Waals surface area contributed by atoms with Crippen molar-refractivity contribution in [2.45, 2.75) is 52.0 Å². The van der Waals surface area contributed by atoms with Crippen molar-refractivity contribution in [3.63, 3.8) is 0 Å². The maximum absolute atomic E-state index is 12.3. The Morgan fingerprint density at radius 2 is 2.14 bits per heavy atom. The number of hydrogen-bond acceptors (Lipinski definition) is 3. The number of carbonyl (C=O) groups is 1. The average Bonchev–Trinajstić information content (AvgIpc) is 2.48. The van der Waals surface area contributed by atoms with Gasteiger partial charge in [-0.2, -0.15) is 0 Å². The monoisotopic (exact) mass is 307 g/mol. The van der Waals surface area contributed by atoms with Crippen molar-refractivity contribution in [3.8, 4) is 0 Å². The number of unbranched alkanes of at least 4 members (excludes halogenated alkanes) is 3. The molecule has 1 amide bonds. The molecule has 0 aliphatic heterocycles. The molecule has 0 atom stereocenters. The van der Waals surface area contributed by atoms with Crippen LogP contribution in [0.2, 0.25) is 0 Å². The van der Waals surface area contributed by atoms with Crippen LogP contribution < -0.4 is 5.73 Å². The third-order valence-electron chi connectivity index (χ3n) is 3.32. The van der Waals surface area contributed by atoms with Gasteiger partial charge in [0.15, 0.2) is 0 Å². The predicted octanol–water partition coefficient (Wildman–Crippen LogP) is 3.06. The van der Waals surface area contributed by atoms with Gasteiger partial charge in [0.1, 0.15) is 0 Å². The second-order valence-electron chi connectivity index (χ2n) is 5.20. The topological polar surface area (TPSA) is 59.2 Å². The molecule has 0 aliphatic carbocycles. The van der Waals surface area contributed by atoms with Gasteiger partial charge in [-0.15, -0.1) is 0 Å². The molecule has 4 nitrogen and oxygen atoms in total. The maximum Gasteiger partial charge on any atom is 0.222 e. The first kappa shape index (κ1) is 17.6. The zero-order chi connectivity index (χ0) is 15.5. The standard InChI is InChI=1S/C16H25N3OS/c1-2-3-4-5-8-16(20)19(11-9-15(17)21)13-14-7-6-10-18-12-14/h6-7,10,12H,2-5,8-9,11,13H2,1H3,(H2,17,21). The van der Waals surface area contributed by atoms with Crippen molar-refractivity contribution >= 4 is 23.1 Å². The molecule has 1 aromatic rings. The molecule has 21 heavy (non-hydrogen) atoms. The fraction of sp³-hybridized carbons (Fsp3) is 0.562. The first-order valence-electron chi connectivity index (χ1n) is 7.58. The lowest BCUT2D eigenvalue weighted by Crippen LogP contribution is -2.33. The van der Waals surface area contributed by atoms with Gasteiger partial charge >= 0.3 is 0 Å². The van der Waals surface area contributed by atoms with Crippen molar-refractivity contribution in [2.24, 2.45) is 5.73 Å². The Morgan fingerprint density at radius 1 is 1.33 bits per heavy atom. The van der Waals surface area contributed by atoms with Gasteiger partial charge in [-0.25, -0.2) is 0 Å². The molecule has 0 radical (unpaired) electrons. The number of hydrogen-bond donors (Lipinski definition) is 1. The summed E-state index contributed by atoms with van der Waals surface area (Å²) in [5, 5.41) is 0. The Balaban J connectivity index is 2.54. The number of aromatic nitrogens is 1. The van der Waals surface area contributed by atoms with E-state index in [0.717, 1.165) is 18.4 Å². The molecule has 0 aliphatic rings. The molecule has 0 unspecified atom stereocenters. The van der Waals surface area contributed by atoms with Crippen molar-refractivity contribution < 1.29 is 4.79 Å². The molecule has 0 saturated carbocycles. The fourth-order valence-corrected chi connectivity index (χ4v) is 2.20. The van der Waals surface area contributed by atoms with Crippen LogP contribution in [-0.4, -0.2) is 27.3 Å². The van der Waals surface area contributed by atoms with E-state index in [0.29, 0.717) is 30.9 Å². The predicted molar refractivity (Wildman–Crippen MR) is 89.8 cm³/mol. The van der Waals surface area contributed by atoms with Crippen molar-refractivity contribution in [1.82, 2.24) is 9.88 Å². The highest BCUT2D eigenvalue weighted by Gasteiger charge is 2.14. The lowest BCUT2D eigenvalue weighted by molar-refractivity contribution is -0.131. The van der Waals surface area contributed by atoms with Gasteiger partial charge in [0, 0.05) is 38.3 Å². The molecule has 0 saturated heterocycles. The minimum atomic E-state index is 0.172. The lowest BCUT2D eigenvalue weighted by Gasteiger charge is -2.22. The number of nitrogens with zero attached hydrogens (tertiary/aromatic N) is 2. The minimum absolute atomic E-state index is 0.172. The summed E-state index contributed by atoms with van der Waals surface area (Å²) in [5.41, 5.74) is 6.59. The van der Waals surface area contributed by atoms with Crippen LogP contribution >= 0.6 is 12.2 Å². The van der Waals surface area contributed by atoms with Crippen LogP contribution in [0, 0.1) is 0 Å². The number of pyridine rings is 1. The Morgan fingerprint density at radius 3 is 2.76 bits per heavy atom. The van der Waals surface area contributed by atoms with E-state index in [-0.39, 0.29) is 5.91 Å². The highest BCUT2D eigenvalue weighted by atomic mass is 32.1. The molecule has 1 heterocycles. The van der Waals surface area contributed by atoms with Gasteiger partial charge < -0.3 is 10.6 Å². The summed E-state index contributed by atoms with van der Waals surface area (Å²) in [5.74, 6) is 0.172. The van der Waals surface area contributed by atoms with Gasteiger partial charge in [0.2, 0.25) is 5.91 Å². The first-order valence-corrected chi connectivity index (χ1v) is 7.99. The van der Waals surface area contributed by atoms with E-state index in [1.54, 1.807) is 12.4 Å². The van der Waals surface area contributed by atoms with E-state index in [2.05, 4.69) is 11.9 Å². The Labute approximate surface area is 132 Å². The van der Waals surface area contributed by atoms with Gasteiger partial charge in [-0.05, 0) is 18.1 Å². The van der Waals surface area contributed by atoms with Crippen molar-refractivity contribution in [3.05, 3.63) is 30.1 Å². The van der Waals surface area contributed by atoms with Crippen LogP contribution in [-0.2, 0) is 11.3 Å². The van der Waals surface area contributed by atoms with E-state index in [1.165, 1.54) is 12.8 Å². The summed E-state index contributed by atoms with van der Waals surface area (Å²) in [7, 11) is 0. The van der Waals surface area contributed by atoms with Gasteiger partial charge in [-0.3, -0.25) is 9.78 Å². The molecular weight excluding hydrogens is 282 g/mol. The number of thiocarbonyl (C=S) groups is 1. The van der Waals surface area contributed by atoms with Crippen molar-refractivity contribution in [1.29, 1.82) is 0 Å². The largest absolute Gasteiger partial charge is 0.393 e. The zero-order valence-electron chi connectivity index (χ0n) is 12.8. The number of rotatable bonds is 10. The number of carbonyl (C=O) groups excluding carboxylic acids is 1. The fourth-order valence-electron chi connectivity index (χ4n) is 2.11. The summed E-state index contributed by atoms with van der Waals surface area (Å²) < 4.78 is 0. The van der Waals surface area contributed by atoms with Crippen LogP contribution in [0.1, 0.15) is 51.0 Å². The maximum atomic E-state index is 12.3. The third-order valence-corrected chi connectivity index (χ3v) is 3.53. The molecular formula is C16H25N3OS. The molecule has 0 fully saturated rings. The average molecular weight is 307 g/mol. The summed E-state index contributed by atoms with van der Waals surface area (Å²) in [4.78, 5) is 18.7. The summed E-state index contributed by atoms with van der Waals surface area (Å²) in [6.07, 6.45) is 9.10. The molecule has 0 bridgehead atoms. The van der Waals surface area contributed by atoms with E-state index < -0.39 is 0 Å². The van der Waals surface area contributed by atoms with E-state index in [1.807, 2.05) is 17.0 Å². The van der Waals surface area contributed by atoms with Crippen LogP contribution in [0.25, 0.3) is 0 Å². The highest BCUT2D eigenvalue weighted by molar-refractivity contribution is 7.80. The Hall–Kier alpha value is -1.49. The smallest absolute Gasteiger partial charge is 0.222 e. The number of amides is 1. The van der Waals surface area contributed by atoms with Crippen LogP contribution in [0.4, 0.5) is 0 Å².